The maximum atomic E-state index is 12.3. The van der Waals surface area contributed by atoms with Gasteiger partial charge < -0.3 is 14.2 Å². The van der Waals surface area contributed by atoms with Crippen LogP contribution in [-0.2, 0) is 10.1 Å². The summed E-state index contributed by atoms with van der Waals surface area (Å²) in [6.45, 7) is 0. The van der Waals surface area contributed by atoms with Crippen LogP contribution in [0.3, 0.4) is 0 Å². The van der Waals surface area contributed by atoms with Gasteiger partial charge in [0.05, 0.1) is 19.9 Å². The van der Waals surface area contributed by atoms with Gasteiger partial charge in [-0.3, -0.25) is 0 Å². The molecule has 0 aromatic carbocycles. The van der Waals surface area contributed by atoms with Crippen LogP contribution >= 0.6 is 15.9 Å². The van der Waals surface area contributed by atoms with E-state index in [1.807, 2.05) is 0 Å². The largest absolute Gasteiger partial charge is 0.573 e. The standard InChI is InChI=1S/C10H9BrF3NO4/c1-17-8-7(19-10(12,13)14)6(9(16)18-2)3-5(4-11)15-8/h3H,4H2,1-2H3. The first-order chi connectivity index (χ1) is 8.82. The van der Waals surface area contributed by atoms with E-state index in [1.54, 1.807) is 0 Å². The molecule has 1 aromatic rings. The van der Waals surface area contributed by atoms with Gasteiger partial charge >= 0.3 is 12.3 Å². The molecular weight excluding hydrogens is 335 g/mol. The van der Waals surface area contributed by atoms with Gasteiger partial charge in [-0.1, -0.05) is 15.9 Å². The Morgan fingerprint density at radius 2 is 2.05 bits per heavy atom. The Morgan fingerprint density at radius 3 is 2.47 bits per heavy atom. The third-order valence-corrected chi connectivity index (χ3v) is 2.52. The third kappa shape index (κ3) is 3.98. The van der Waals surface area contributed by atoms with Crippen molar-refractivity contribution in [2.75, 3.05) is 14.2 Å². The number of hydrogen-bond donors (Lipinski definition) is 0. The number of hydrogen-bond acceptors (Lipinski definition) is 5. The number of rotatable bonds is 4. The molecule has 0 saturated carbocycles. The van der Waals surface area contributed by atoms with Crippen molar-refractivity contribution in [1.29, 1.82) is 0 Å². The molecule has 0 spiro atoms. The van der Waals surface area contributed by atoms with Crippen LogP contribution < -0.4 is 9.47 Å². The molecule has 106 valence electrons. The van der Waals surface area contributed by atoms with Crippen molar-refractivity contribution < 1.29 is 32.2 Å². The minimum atomic E-state index is -4.98. The van der Waals surface area contributed by atoms with Crippen molar-refractivity contribution in [2.24, 2.45) is 0 Å². The van der Waals surface area contributed by atoms with E-state index in [0.717, 1.165) is 20.3 Å². The summed E-state index contributed by atoms with van der Waals surface area (Å²) in [5, 5.41) is 0.222. The van der Waals surface area contributed by atoms with Crippen LogP contribution in [0.1, 0.15) is 16.1 Å². The Bertz CT molecular complexity index is 479. The predicted octanol–water partition coefficient (Wildman–Crippen LogP) is 2.67. The predicted molar refractivity (Wildman–Crippen MR) is 61.4 cm³/mol. The quantitative estimate of drug-likeness (QED) is 0.621. The number of ether oxygens (including phenoxy) is 3. The molecule has 0 fully saturated rings. The Balaban J connectivity index is 3.41. The minimum Gasteiger partial charge on any atom is -0.478 e. The monoisotopic (exact) mass is 343 g/mol. The van der Waals surface area contributed by atoms with Crippen molar-refractivity contribution in [2.45, 2.75) is 11.7 Å². The van der Waals surface area contributed by atoms with Crippen molar-refractivity contribution in [3.05, 3.63) is 17.3 Å². The molecule has 5 nitrogen and oxygen atoms in total. The number of alkyl halides is 4. The van der Waals surface area contributed by atoms with Crippen LogP contribution in [0.15, 0.2) is 6.07 Å². The highest BCUT2D eigenvalue weighted by molar-refractivity contribution is 9.08. The molecule has 1 rings (SSSR count). The number of pyridine rings is 1. The summed E-state index contributed by atoms with van der Waals surface area (Å²) in [6, 6.07) is 1.13. The fourth-order valence-corrected chi connectivity index (χ4v) is 1.53. The number of esters is 1. The summed E-state index contributed by atoms with van der Waals surface area (Å²) in [4.78, 5) is 15.3. The lowest BCUT2D eigenvalue weighted by molar-refractivity contribution is -0.275. The van der Waals surface area contributed by atoms with Crippen LogP contribution in [0.2, 0.25) is 0 Å². The molecule has 0 bridgehead atoms. The van der Waals surface area contributed by atoms with Crippen LogP contribution in [0, 0.1) is 0 Å². The molecule has 0 aliphatic rings. The fourth-order valence-electron chi connectivity index (χ4n) is 1.24. The van der Waals surface area contributed by atoms with Crippen molar-refractivity contribution in [3.63, 3.8) is 0 Å². The highest BCUT2D eigenvalue weighted by Gasteiger charge is 2.36. The Morgan fingerprint density at radius 1 is 1.42 bits per heavy atom. The Labute approximate surface area is 114 Å². The summed E-state index contributed by atoms with van der Waals surface area (Å²) < 4.78 is 49.8. The second kappa shape index (κ2) is 6.09. The van der Waals surface area contributed by atoms with Crippen molar-refractivity contribution in [1.82, 2.24) is 4.98 Å². The van der Waals surface area contributed by atoms with Gasteiger partial charge in [-0.2, -0.15) is 0 Å². The van der Waals surface area contributed by atoms with Crippen molar-refractivity contribution >= 4 is 21.9 Å². The van der Waals surface area contributed by atoms with Gasteiger partial charge in [-0.05, 0) is 6.07 Å². The molecule has 0 N–H and O–H groups in total. The molecule has 19 heavy (non-hydrogen) atoms. The van der Waals surface area contributed by atoms with E-state index in [2.05, 4.69) is 30.4 Å². The van der Waals surface area contributed by atoms with Gasteiger partial charge in [0.2, 0.25) is 5.75 Å². The van der Waals surface area contributed by atoms with E-state index in [4.69, 9.17) is 4.74 Å². The Hall–Kier alpha value is -1.51. The van der Waals surface area contributed by atoms with E-state index < -0.39 is 29.5 Å². The first kappa shape index (κ1) is 15.5. The number of aromatic nitrogens is 1. The molecule has 0 amide bonds. The molecule has 0 atom stereocenters. The SMILES string of the molecule is COC(=O)c1cc(CBr)nc(OC)c1OC(F)(F)F. The zero-order valence-corrected chi connectivity index (χ0v) is 11.5. The fraction of sp³-hybridized carbons (Fsp3) is 0.400. The van der Waals surface area contributed by atoms with Gasteiger partial charge in [0.25, 0.3) is 5.88 Å². The number of halogens is 4. The summed E-state index contributed by atoms with van der Waals surface area (Å²) in [5.41, 5.74) is -0.118. The summed E-state index contributed by atoms with van der Waals surface area (Å²) in [6.07, 6.45) is -4.98. The summed E-state index contributed by atoms with van der Waals surface area (Å²) in [7, 11) is 2.16. The van der Waals surface area contributed by atoms with Crippen LogP contribution in [0.25, 0.3) is 0 Å². The third-order valence-electron chi connectivity index (χ3n) is 1.95. The maximum Gasteiger partial charge on any atom is 0.573 e. The minimum absolute atomic E-state index is 0.222. The average Bonchev–Trinajstić information content (AvgIpc) is 2.36. The van der Waals surface area contributed by atoms with Crippen molar-refractivity contribution in [3.8, 4) is 11.6 Å². The van der Waals surface area contributed by atoms with Gasteiger partial charge in [0.15, 0.2) is 0 Å². The molecule has 0 radical (unpaired) electrons. The summed E-state index contributed by atoms with van der Waals surface area (Å²) in [5.74, 6) is -2.26. The van der Waals surface area contributed by atoms with Gasteiger partial charge in [-0.15, -0.1) is 13.2 Å². The number of methoxy groups -OCH3 is 2. The van der Waals surface area contributed by atoms with Crippen LogP contribution in [-0.4, -0.2) is 31.5 Å². The van der Waals surface area contributed by atoms with E-state index >= 15 is 0 Å². The highest BCUT2D eigenvalue weighted by atomic mass is 79.9. The molecule has 0 aliphatic carbocycles. The lowest BCUT2D eigenvalue weighted by atomic mass is 10.2. The van der Waals surface area contributed by atoms with E-state index in [9.17, 15) is 18.0 Å². The molecule has 9 heteroatoms. The molecule has 1 heterocycles. The van der Waals surface area contributed by atoms with E-state index in [1.165, 1.54) is 0 Å². The first-order valence-corrected chi connectivity index (χ1v) is 5.92. The summed E-state index contributed by atoms with van der Waals surface area (Å²) >= 11 is 3.08. The molecule has 0 aliphatic heterocycles. The number of carbonyl (C=O) groups is 1. The normalized spacial score (nSPS) is 11.1. The highest BCUT2D eigenvalue weighted by Crippen LogP contribution is 2.35. The number of carbonyl (C=O) groups excluding carboxylic acids is 1. The Kier molecular flexibility index (Phi) is 4.98. The molecular formula is C10H9BrF3NO4. The zero-order valence-electron chi connectivity index (χ0n) is 9.88. The smallest absolute Gasteiger partial charge is 0.478 e. The van der Waals surface area contributed by atoms with Crippen LogP contribution in [0.4, 0.5) is 13.2 Å². The maximum absolute atomic E-state index is 12.3. The second-order valence-electron chi connectivity index (χ2n) is 3.17. The van der Waals surface area contributed by atoms with Gasteiger partial charge in [-0.25, -0.2) is 9.78 Å². The van der Waals surface area contributed by atoms with Gasteiger partial charge in [0, 0.05) is 5.33 Å². The zero-order chi connectivity index (χ0) is 14.6. The topological polar surface area (TPSA) is 57.7 Å². The molecule has 0 unspecified atom stereocenters. The first-order valence-electron chi connectivity index (χ1n) is 4.80. The lowest BCUT2D eigenvalue weighted by Crippen LogP contribution is -2.20. The molecule has 1 aromatic heterocycles. The second-order valence-corrected chi connectivity index (χ2v) is 3.73. The average molecular weight is 344 g/mol. The van der Waals surface area contributed by atoms with Crippen LogP contribution in [0.5, 0.6) is 11.6 Å². The van der Waals surface area contributed by atoms with E-state index in [-0.39, 0.29) is 5.33 Å². The van der Waals surface area contributed by atoms with Gasteiger partial charge in [0.1, 0.15) is 5.56 Å². The number of nitrogens with zero attached hydrogens (tertiary/aromatic N) is 1. The van der Waals surface area contributed by atoms with E-state index in [0.29, 0.717) is 5.69 Å². The lowest BCUT2D eigenvalue weighted by Gasteiger charge is -2.15. The molecule has 0 saturated heterocycles.